The van der Waals surface area contributed by atoms with Crippen LogP contribution in [0, 0.1) is 4.91 Å². The summed E-state index contributed by atoms with van der Waals surface area (Å²) >= 11 is -5.12. The van der Waals surface area contributed by atoms with Gasteiger partial charge in [0.05, 0.1) is 0 Å². The van der Waals surface area contributed by atoms with Crippen molar-refractivity contribution < 1.29 is 22.1 Å². The molecule has 0 aliphatic rings. The van der Waals surface area contributed by atoms with Gasteiger partial charge in [-0.25, -0.2) is 0 Å². The zero-order valence-corrected chi connectivity index (χ0v) is 8.91. The van der Waals surface area contributed by atoms with Gasteiger partial charge in [-0.15, -0.1) is 0 Å². The van der Waals surface area contributed by atoms with Gasteiger partial charge in [0.2, 0.25) is 0 Å². The van der Waals surface area contributed by atoms with Crippen LogP contribution in [0.3, 0.4) is 0 Å². The van der Waals surface area contributed by atoms with Crippen molar-refractivity contribution in [3.05, 3.63) is 29.2 Å². The van der Waals surface area contributed by atoms with E-state index in [4.69, 9.17) is 9.30 Å². The molecule has 0 aliphatic carbocycles. The Labute approximate surface area is 82.1 Å². The molecule has 0 amide bonds. The molecular weight excluding hydrogens is 255 g/mol. The van der Waals surface area contributed by atoms with Gasteiger partial charge >= 0.3 is 75.4 Å². The molecule has 0 saturated heterocycles. The second-order valence-corrected chi connectivity index (χ2v) is 5.58. The minimum atomic E-state index is -5.12. The molecule has 0 saturated carbocycles. The summed E-state index contributed by atoms with van der Waals surface area (Å²) in [7, 11) is 0. The first kappa shape index (κ1) is 12.9. The summed E-state index contributed by atoms with van der Waals surface area (Å²) in [6.07, 6.45) is 0. The molecular formula is C6H9AsN2O5. The summed E-state index contributed by atoms with van der Waals surface area (Å²) in [5.41, 5.74) is -0.104. The molecule has 0 spiro atoms. The number of hydrogen-bond acceptors (Lipinski definition) is 4. The van der Waals surface area contributed by atoms with Crippen LogP contribution in [0.5, 0.6) is 0 Å². The number of rotatable bonds is 2. The van der Waals surface area contributed by atoms with E-state index in [1.54, 1.807) is 0 Å². The maximum atomic E-state index is 10.6. The molecule has 5 N–H and O–H groups in total. The van der Waals surface area contributed by atoms with E-state index >= 15 is 0 Å². The number of hydrogen-bond donors (Lipinski definition) is 3. The molecule has 1 rings (SSSR count). The van der Waals surface area contributed by atoms with Crippen LogP contribution in [0.2, 0.25) is 0 Å². The van der Waals surface area contributed by atoms with Gasteiger partial charge in [-0.1, -0.05) is 0 Å². The third kappa shape index (κ3) is 2.97. The minimum absolute atomic E-state index is 0. The molecule has 0 heterocycles. The molecule has 78 valence electrons. The van der Waals surface area contributed by atoms with Crippen molar-refractivity contribution >= 4 is 24.2 Å². The average Bonchev–Trinajstić information content (AvgIpc) is 2.03. The standard InChI is InChI=1S/C6H6AsNO5.H3N/c9-7(10,11)5-1-3-6(4-2-5)8(12)13;/h1-4H,(H2-,9,10,11,12,13);1H3. The summed E-state index contributed by atoms with van der Waals surface area (Å²) in [4.78, 5) is 9.87. The maximum absolute atomic E-state index is 10.6. The summed E-state index contributed by atoms with van der Waals surface area (Å²) in [6, 6.07) is 4.27. The molecule has 1 aromatic rings. The molecule has 0 radical (unpaired) electrons. The van der Waals surface area contributed by atoms with Crippen molar-refractivity contribution in [2.45, 2.75) is 0 Å². The normalized spacial score (nSPS) is 13.9. The second kappa shape index (κ2) is 4.38. The van der Waals surface area contributed by atoms with E-state index in [9.17, 15) is 12.7 Å². The Kier molecular flexibility index (Phi) is 4.03. The fraction of sp³-hybridized carbons (Fsp3) is 0. The van der Waals surface area contributed by atoms with Gasteiger partial charge in [0.15, 0.2) is 0 Å². The molecule has 0 bridgehead atoms. The first-order valence-electron chi connectivity index (χ1n) is 3.22. The number of nitrogens with zero attached hydrogens (tertiary/aromatic N) is 1. The van der Waals surface area contributed by atoms with Gasteiger partial charge in [-0.3, -0.25) is 0 Å². The molecule has 0 aliphatic heterocycles. The third-order valence-corrected chi connectivity index (χ3v) is 3.39. The van der Waals surface area contributed by atoms with Crippen LogP contribution in [0.15, 0.2) is 24.3 Å². The molecule has 7 nitrogen and oxygen atoms in total. The van der Waals surface area contributed by atoms with E-state index in [1.807, 2.05) is 0 Å². The number of benzene rings is 1. The van der Waals surface area contributed by atoms with Crippen LogP contribution in [-0.2, 0) is 3.74 Å². The molecule has 14 heavy (non-hydrogen) atoms. The van der Waals surface area contributed by atoms with Gasteiger partial charge in [-0.2, -0.15) is 0 Å². The zero-order valence-electron chi connectivity index (χ0n) is 7.03. The Bertz CT molecular complexity index is 370. The van der Waals surface area contributed by atoms with Gasteiger partial charge in [0.25, 0.3) is 0 Å². The van der Waals surface area contributed by atoms with E-state index in [-0.39, 0.29) is 16.2 Å². The van der Waals surface area contributed by atoms with Crippen LogP contribution in [-0.4, -0.2) is 28.4 Å². The van der Waals surface area contributed by atoms with Gasteiger partial charge in [0.1, 0.15) is 0 Å². The Morgan fingerprint density at radius 1 is 1.29 bits per heavy atom. The van der Waals surface area contributed by atoms with Crippen molar-refractivity contribution in [3.8, 4) is 0 Å². The Balaban J connectivity index is 0.00000169. The fourth-order valence-electron chi connectivity index (χ4n) is 0.769. The van der Waals surface area contributed by atoms with E-state index in [0.29, 0.717) is 0 Å². The van der Waals surface area contributed by atoms with Gasteiger partial charge in [-0.05, 0) is 0 Å². The van der Waals surface area contributed by atoms with E-state index < -0.39 is 19.1 Å². The van der Waals surface area contributed by atoms with Crippen molar-refractivity contribution in [1.82, 2.24) is 6.15 Å². The predicted molar refractivity (Wildman–Crippen MR) is 44.8 cm³/mol. The molecule has 1 unspecified atom stereocenters. The monoisotopic (exact) mass is 264 g/mol. The third-order valence-electron chi connectivity index (χ3n) is 1.40. The quantitative estimate of drug-likeness (QED) is 0.443. The van der Waals surface area contributed by atoms with Crippen LogP contribution in [0.4, 0.5) is 5.69 Å². The molecule has 0 fully saturated rings. The fourth-order valence-corrected chi connectivity index (χ4v) is 1.87. The van der Waals surface area contributed by atoms with E-state index in [0.717, 1.165) is 24.3 Å². The Morgan fingerprint density at radius 2 is 1.71 bits per heavy atom. The van der Waals surface area contributed by atoms with Gasteiger partial charge < -0.3 is 6.15 Å². The molecule has 1 aromatic carbocycles. The van der Waals surface area contributed by atoms with Crippen LogP contribution in [0.1, 0.15) is 0 Å². The summed E-state index contributed by atoms with van der Waals surface area (Å²) < 4.78 is 29.6. The van der Waals surface area contributed by atoms with Crippen LogP contribution >= 0.6 is 0 Å². The van der Waals surface area contributed by atoms with Gasteiger partial charge in [0, 0.05) is 0 Å². The first-order valence-corrected chi connectivity index (χ1v) is 6.53. The Morgan fingerprint density at radius 3 is 2.00 bits per heavy atom. The van der Waals surface area contributed by atoms with E-state index in [2.05, 4.69) is 0 Å². The SMILES string of the molecule is N.O=[N+](O)c1ccc([As](=O)([O-])O)cc1. The zero-order chi connectivity index (χ0) is 10.1. The van der Waals surface area contributed by atoms with E-state index in [1.165, 1.54) is 0 Å². The molecule has 1 atom stereocenters. The van der Waals surface area contributed by atoms with Crippen molar-refractivity contribution in [2.75, 3.05) is 0 Å². The second-order valence-electron chi connectivity index (χ2n) is 2.31. The average molecular weight is 264 g/mol. The predicted octanol–water partition coefficient (Wildman–Crippen LogP) is -1.42. The van der Waals surface area contributed by atoms with Crippen LogP contribution < -0.4 is 14.6 Å². The van der Waals surface area contributed by atoms with Crippen molar-refractivity contribution in [2.24, 2.45) is 0 Å². The molecule has 8 heteroatoms. The summed E-state index contributed by atoms with van der Waals surface area (Å²) in [6.45, 7) is 0. The van der Waals surface area contributed by atoms with Crippen molar-refractivity contribution in [3.63, 3.8) is 0 Å². The van der Waals surface area contributed by atoms with Crippen molar-refractivity contribution in [1.29, 1.82) is 0 Å². The Hall–Kier alpha value is -1.14. The molecule has 0 aromatic heterocycles. The topological polar surface area (TPSA) is 136 Å². The summed E-state index contributed by atoms with van der Waals surface area (Å²) in [5, 5.41) is 8.39. The first-order chi connectivity index (χ1) is 5.91. The summed E-state index contributed by atoms with van der Waals surface area (Å²) in [5.74, 6) is 0. The van der Waals surface area contributed by atoms with Crippen LogP contribution in [0.25, 0.3) is 0 Å².